The van der Waals surface area contributed by atoms with E-state index in [4.69, 9.17) is 14.2 Å². The Balaban J connectivity index is 4.63. The lowest BCUT2D eigenvalue weighted by Gasteiger charge is -2.18. The molecule has 0 amide bonds. The van der Waals surface area contributed by atoms with Crippen LogP contribution in [0, 0.1) is 0 Å². The zero-order valence-electron chi connectivity index (χ0n) is 41.4. The van der Waals surface area contributed by atoms with Gasteiger partial charge in [0.05, 0.1) is 0 Å². The van der Waals surface area contributed by atoms with E-state index in [0.29, 0.717) is 19.3 Å². The van der Waals surface area contributed by atoms with E-state index >= 15 is 0 Å². The highest BCUT2D eigenvalue weighted by Crippen LogP contribution is 2.11. The number of esters is 3. The second-order valence-electron chi connectivity index (χ2n) is 16.4. The van der Waals surface area contributed by atoms with E-state index in [1.807, 2.05) is 18.2 Å². The van der Waals surface area contributed by atoms with Crippen LogP contribution >= 0.6 is 0 Å². The summed E-state index contributed by atoms with van der Waals surface area (Å²) in [6.07, 6.45) is 73.1. The summed E-state index contributed by atoms with van der Waals surface area (Å²) in [5, 5.41) is 0. The molecule has 0 N–H and O–H groups in total. The Kier molecular flexibility index (Phi) is 48.6. The van der Waals surface area contributed by atoms with Crippen molar-refractivity contribution in [3.8, 4) is 0 Å². The predicted octanol–water partition coefficient (Wildman–Crippen LogP) is 17.1. The van der Waals surface area contributed by atoms with Gasteiger partial charge in [-0.05, 0) is 96.3 Å². The van der Waals surface area contributed by atoms with E-state index in [0.717, 1.165) is 89.9 Å². The summed E-state index contributed by atoms with van der Waals surface area (Å²) >= 11 is 0. The van der Waals surface area contributed by atoms with Gasteiger partial charge in [-0.1, -0.05) is 219 Å². The molecule has 6 heteroatoms. The van der Waals surface area contributed by atoms with Gasteiger partial charge in [-0.15, -0.1) is 0 Å². The quantitative estimate of drug-likeness (QED) is 0.0199. The maximum atomic E-state index is 12.8. The average Bonchev–Trinajstić information content (AvgIpc) is 3.30. The van der Waals surface area contributed by atoms with Gasteiger partial charge in [0, 0.05) is 19.3 Å². The smallest absolute Gasteiger partial charge is 0.306 e. The number of carbonyl (C=O) groups excluding carboxylic acids is 3. The van der Waals surface area contributed by atoms with Crippen molar-refractivity contribution in [3.63, 3.8) is 0 Å². The van der Waals surface area contributed by atoms with Crippen LogP contribution < -0.4 is 0 Å². The van der Waals surface area contributed by atoms with E-state index in [1.54, 1.807) is 0 Å². The lowest BCUT2D eigenvalue weighted by Crippen LogP contribution is -2.30. The lowest BCUT2D eigenvalue weighted by molar-refractivity contribution is -0.166. The minimum absolute atomic E-state index is 0.142. The Morgan fingerprint density at radius 3 is 1.20 bits per heavy atom. The van der Waals surface area contributed by atoms with Crippen LogP contribution in [-0.2, 0) is 28.6 Å². The molecule has 0 fully saturated rings. The first-order valence-corrected chi connectivity index (χ1v) is 25.7. The Labute approximate surface area is 398 Å². The predicted molar refractivity (Wildman–Crippen MR) is 279 cm³/mol. The Morgan fingerprint density at radius 1 is 0.338 bits per heavy atom. The zero-order chi connectivity index (χ0) is 47.2. The number of hydrogen-bond acceptors (Lipinski definition) is 6. The van der Waals surface area contributed by atoms with Crippen LogP contribution in [0.25, 0.3) is 0 Å². The number of hydrogen-bond donors (Lipinski definition) is 0. The van der Waals surface area contributed by atoms with Crippen molar-refractivity contribution in [1.82, 2.24) is 0 Å². The summed E-state index contributed by atoms with van der Waals surface area (Å²) in [5.41, 5.74) is 0. The number of ether oxygens (including phenoxy) is 3. The molecule has 1 unspecified atom stereocenters. The van der Waals surface area contributed by atoms with Crippen molar-refractivity contribution in [2.45, 2.75) is 207 Å². The van der Waals surface area contributed by atoms with Crippen LogP contribution in [0.15, 0.2) is 134 Å². The molecule has 6 nitrogen and oxygen atoms in total. The van der Waals surface area contributed by atoms with Crippen molar-refractivity contribution in [1.29, 1.82) is 0 Å². The molecule has 0 rings (SSSR count). The fourth-order valence-electron chi connectivity index (χ4n) is 6.38. The van der Waals surface area contributed by atoms with Crippen molar-refractivity contribution < 1.29 is 28.6 Å². The van der Waals surface area contributed by atoms with Gasteiger partial charge in [0.25, 0.3) is 0 Å². The number of carbonyl (C=O) groups is 3. The first-order valence-electron chi connectivity index (χ1n) is 25.7. The SMILES string of the molecule is CC/C=C/C/C=C/C/C=C/C/C=C/C/C=C/CCC(=O)OC(COC(=O)CC/C=C/C/C=C/CCCCCCCC)COC(=O)CCCCCCC/C=C/C=C/C=C/C=C/CCCCC. The maximum absolute atomic E-state index is 12.8. The van der Waals surface area contributed by atoms with Gasteiger partial charge in [-0.3, -0.25) is 14.4 Å². The minimum Gasteiger partial charge on any atom is -0.462 e. The van der Waals surface area contributed by atoms with E-state index in [-0.39, 0.29) is 38.0 Å². The molecule has 0 aromatic heterocycles. The van der Waals surface area contributed by atoms with Crippen LogP contribution in [0.4, 0.5) is 0 Å². The molecule has 0 saturated heterocycles. The van der Waals surface area contributed by atoms with Crippen molar-refractivity contribution in [2.24, 2.45) is 0 Å². The fraction of sp³-hybridized carbons (Fsp3) is 0.576. The molecule has 0 aliphatic rings. The summed E-state index contributed by atoms with van der Waals surface area (Å²) in [7, 11) is 0. The first-order chi connectivity index (χ1) is 32.0. The summed E-state index contributed by atoms with van der Waals surface area (Å²) < 4.78 is 16.6. The summed E-state index contributed by atoms with van der Waals surface area (Å²) in [5.74, 6) is -1.13. The highest BCUT2D eigenvalue weighted by atomic mass is 16.6. The Hall–Kier alpha value is -4.45. The molecule has 65 heavy (non-hydrogen) atoms. The van der Waals surface area contributed by atoms with Crippen LogP contribution in [0.2, 0.25) is 0 Å². The van der Waals surface area contributed by atoms with Crippen molar-refractivity contribution >= 4 is 17.9 Å². The number of rotatable bonds is 44. The van der Waals surface area contributed by atoms with Gasteiger partial charge >= 0.3 is 17.9 Å². The van der Waals surface area contributed by atoms with Gasteiger partial charge in [0.2, 0.25) is 0 Å². The average molecular weight is 897 g/mol. The normalized spacial score (nSPS) is 13.2. The van der Waals surface area contributed by atoms with Gasteiger partial charge in [0.15, 0.2) is 6.10 Å². The molecule has 0 aromatic carbocycles. The third-order valence-corrected chi connectivity index (χ3v) is 10.2. The molecule has 364 valence electrons. The van der Waals surface area contributed by atoms with Gasteiger partial charge in [0.1, 0.15) is 13.2 Å². The van der Waals surface area contributed by atoms with Gasteiger partial charge < -0.3 is 14.2 Å². The second kappa shape index (κ2) is 52.2. The summed E-state index contributed by atoms with van der Waals surface area (Å²) in [6.45, 7) is 6.32. The maximum Gasteiger partial charge on any atom is 0.306 e. The highest BCUT2D eigenvalue weighted by Gasteiger charge is 2.19. The molecular weight excluding hydrogens is 805 g/mol. The third-order valence-electron chi connectivity index (χ3n) is 10.2. The molecule has 0 radical (unpaired) electrons. The fourth-order valence-corrected chi connectivity index (χ4v) is 6.38. The Morgan fingerprint density at radius 2 is 0.692 bits per heavy atom. The monoisotopic (exact) mass is 897 g/mol. The van der Waals surface area contributed by atoms with Crippen LogP contribution in [0.5, 0.6) is 0 Å². The molecule has 0 aliphatic carbocycles. The molecule has 0 saturated carbocycles. The molecule has 0 spiro atoms. The van der Waals surface area contributed by atoms with Gasteiger partial charge in [-0.2, -0.15) is 0 Å². The summed E-state index contributed by atoms with van der Waals surface area (Å²) in [4.78, 5) is 37.9. The number of allylic oxidation sites excluding steroid dienone is 22. The first kappa shape index (κ1) is 60.5. The van der Waals surface area contributed by atoms with E-state index < -0.39 is 12.1 Å². The standard InChI is InChI=1S/C59H92O6/c1-4-7-10-13-16-19-22-25-27-29-30-32-34-37-40-43-46-49-52-58(61)64-55-56(54-63-57(60)51-48-45-42-39-36-33-24-21-18-15-12-9-6-3)65-59(62)53-50-47-44-41-38-35-31-28-26-23-20-17-14-11-8-5-2/h8,11,16-17,19-20,22,25-30,32-33,35-36,38,42,44-45,47,56H,4-7,9-10,12-15,18,21,23-24,31,34,37,39-41,43,46,48-55H2,1-3H3/b11-8+,19-16+,20-17+,25-22+,28-26+,29-27+,32-30+,36-33+,38-35+,45-42+,47-44+. The van der Waals surface area contributed by atoms with Crippen molar-refractivity contribution in [3.05, 3.63) is 134 Å². The van der Waals surface area contributed by atoms with E-state index in [2.05, 4.69) is 136 Å². The number of unbranched alkanes of at least 4 members (excludes halogenated alkanes) is 14. The Bertz CT molecular complexity index is 1450. The van der Waals surface area contributed by atoms with Gasteiger partial charge in [-0.25, -0.2) is 0 Å². The van der Waals surface area contributed by atoms with Crippen LogP contribution in [-0.4, -0.2) is 37.2 Å². The van der Waals surface area contributed by atoms with Crippen molar-refractivity contribution in [2.75, 3.05) is 13.2 Å². The molecule has 0 heterocycles. The van der Waals surface area contributed by atoms with E-state index in [9.17, 15) is 14.4 Å². The van der Waals surface area contributed by atoms with E-state index in [1.165, 1.54) is 57.8 Å². The molecular formula is C59H92O6. The summed E-state index contributed by atoms with van der Waals surface area (Å²) in [6, 6.07) is 0. The third kappa shape index (κ3) is 50.4. The highest BCUT2D eigenvalue weighted by molar-refractivity contribution is 5.71. The largest absolute Gasteiger partial charge is 0.462 e. The molecule has 0 aliphatic heterocycles. The second-order valence-corrected chi connectivity index (χ2v) is 16.4. The topological polar surface area (TPSA) is 78.9 Å². The zero-order valence-corrected chi connectivity index (χ0v) is 41.4. The lowest BCUT2D eigenvalue weighted by atomic mass is 10.1. The van der Waals surface area contributed by atoms with Crippen LogP contribution in [0.1, 0.15) is 201 Å². The van der Waals surface area contributed by atoms with Crippen LogP contribution in [0.3, 0.4) is 0 Å². The molecule has 0 bridgehead atoms. The molecule has 0 aromatic rings. The molecule has 1 atom stereocenters. The minimum atomic E-state index is -0.854.